The van der Waals surface area contributed by atoms with Crippen molar-refractivity contribution in [3.8, 4) is 0 Å². The van der Waals surface area contributed by atoms with Crippen molar-refractivity contribution in [2.45, 2.75) is 27.2 Å². The second kappa shape index (κ2) is 5.87. The zero-order valence-corrected chi connectivity index (χ0v) is 12.3. The highest BCUT2D eigenvalue weighted by molar-refractivity contribution is 5.98. The Hall–Kier alpha value is -2.49. The third-order valence-corrected chi connectivity index (χ3v) is 3.65. The van der Waals surface area contributed by atoms with Crippen LogP contribution in [0.15, 0.2) is 36.4 Å². The maximum Gasteiger partial charge on any atom is 0.272 e. The molecule has 108 valence electrons. The Morgan fingerprint density at radius 3 is 2.29 bits per heavy atom. The lowest BCUT2D eigenvalue weighted by molar-refractivity contribution is -0.385. The summed E-state index contributed by atoms with van der Waals surface area (Å²) in [5, 5.41) is 10.8. The first-order valence-corrected chi connectivity index (χ1v) is 6.73. The van der Waals surface area contributed by atoms with E-state index in [2.05, 4.69) is 0 Å². The lowest BCUT2D eigenvalue weighted by Gasteiger charge is -2.06. The molecule has 0 N–H and O–H groups in total. The van der Waals surface area contributed by atoms with Crippen LogP contribution in [0.5, 0.6) is 0 Å². The Bertz CT molecular complexity index is 720. The number of hydrogen-bond donors (Lipinski definition) is 0. The maximum absolute atomic E-state index is 12.3. The molecule has 0 radical (unpaired) electrons. The molecule has 0 aliphatic rings. The molecular formula is C17H17NO3. The van der Waals surface area contributed by atoms with Gasteiger partial charge >= 0.3 is 0 Å². The summed E-state index contributed by atoms with van der Waals surface area (Å²) in [5.41, 5.74) is 4.36. The van der Waals surface area contributed by atoms with Crippen LogP contribution in [0, 0.1) is 30.9 Å². The zero-order valence-electron chi connectivity index (χ0n) is 12.3. The summed E-state index contributed by atoms with van der Waals surface area (Å²) in [6.45, 7) is 5.69. The maximum atomic E-state index is 12.3. The normalized spacial score (nSPS) is 10.4. The third-order valence-electron chi connectivity index (χ3n) is 3.65. The molecule has 0 aliphatic carbocycles. The molecule has 0 fully saturated rings. The zero-order chi connectivity index (χ0) is 15.6. The van der Waals surface area contributed by atoms with Gasteiger partial charge in [0, 0.05) is 23.6 Å². The van der Waals surface area contributed by atoms with E-state index in [0.29, 0.717) is 17.5 Å². The van der Waals surface area contributed by atoms with Crippen molar-refractivity contribution in [1.29, 1.82) is 0 Å². The summed E-state index contributed by atoms with van der Waals surface area (Å²) >= 11 is 0. The van der Waals surface area contributed by atoms with Gasteiger partial charge in [0.2, 0.25) is 0 Å². The molecule has 2 aromatic carbocycles. The summed E-state index contributed by atoms with van der Waals surface area (Å²) in [7, 11) is 0. The van der Waals surface area contributed by atoms with E-state index in [1.54, 1.807) is 13.0 Å². The highest BCUT2D eigenvalue weighted by Gasteiger charge is 2.14. The van der Waals surface area contributed by atoms with E-state index in [9.17, 15) is 14.9 Å². The van der Waals surface area contributed by atoms with Crippen LogP contribution in [-0.2, 0) is 6.42 Å². The summed E-state index contributed by atoms with van der Waals surface area (Å²) in [6, 6.07) is 10.4. The highest BCUT2D eigenvalue weighted by atomic mass is 16.6. The number of nitrogens with zero attached hydrogens (tertiary/aromatic N) is 1. The van der Waals surface area contributed by atoms with Gasteiger partial charge in [0.05, 0.1) is 4.92 Å². The Morgan fingerprint density at radius 2 is 1.71 bits per heavy atom. The first-order chi connectivity index (χ1) is 9.88. The van der Waals surface area contributed by atoms with Gasteiger partial charge in [-0.3, -0.25) is 14.9 Å². The number of nitro groups is 1. The van der Waals surface area contributed by atoms with Gasteiger partial charge in [-0.05, 0) is 49.6 Å². The van der Waals surface area contributed by atoms with Crippen LogP contribution in [0.4, 0.5) is 5.69 Å². The smallest absolute Gasteiger partial charge is 0.272 e. The third kappa shape index (κ3) is 3.34. The fraction of sp³-hybridized carbons (Fsp3) is 0.235. The van der Waals surface area contributed by atoms with Gasteiger partial charge in [-0.15, -0.1) is 0 Å². The van der Waals surface area contributed by atoms with Gasteiger partial charge < -0.3 is 0 Å². The molecule has 2 aromatic rings. The van der Waals surface area contributed by atoms with Gasteiger partial charge in [0.15, 0.2) is 5.78 Å². The second-order valence-corrected chi connectivity index (χ2v) is 5.28. The monoisotopic (exact) mass is 283 g/mol. The average molecular weight is 283 g/mol. The molecule has 0 amide bonds. The summed E-state index contributed by atoms with van der Waals surface area (Å²) < 4.78 is 0. The molecule has 21 heavy (non-hydrogen) atoms. The second-order valence-electron chi connectivity index (χ2n) is 5.28. The minimum absolute atomic E-state index is 0.0312. The number of carbonyl (C=O) groups is 1. The predicted octanol–water partition coefficient (Wildman–Crippen LogP) is 3.95. The van der Waals surface area contributed by atoms with Crippen molar-refractivity contribution >= 4 is 11.5 Å². The van der Waals surface area contributed by atoms with Gasteiger partial charge in [-0.25, -0.2) is 0 Å². The predicted molar refractivity (Wildman–Crippen MR) is 81.8 cm³/mol. The van der Waals surface area contributed by atoms with E-state index < -0.39 is 4.92 Å². The van der Waals surface area contributed by atoms with E-state index >= 15 is 0 Å². The van der Waals surface area contributed by atoms with Crippen molar-refractivity contribution in [3.05, 3.63) is 74.3 Å². The lowest BCUT2D eigenvalue weighted by Crippen LogP contribution is -2.05. The number of benzene rings is 2. The van der Waals surface area contributed by atoms with E-state index in [1.165, 1.54) is 17.7 Å². The van der Waals surface area contributed by atoms with E-state index in [1.807, 2.05) is 32.0 Å². The average Bonchev–Trinajstić information content (AvgIpc) is 2.42. The van der Waals surface area contributed by atoms with Crippen LogP contribution < -0.4 is 0 Å². The van der Waals surface area contributed by atoms with E-state index in [4.69, 9.17) is 0 Å². The largest absolute Gasteiger partial charge is 0.294 e. The van der Waals surface area contributed by atoms with Crippen molar-refractivity contribution in [1.82, 2.24) is 0 Å². The fourth-order valence-corrected chi connectivity index (χ4v) is 2.23. The van der Waals surface area contributed by atoms with Crippen LogP contribution in [-0.4, -0.2) is 10.7 Å². The van der Waals surface area contributed by atoms with E-state index in [-0.39, 0.29) is 11.5 Å². The molecule has 2 rings (SSSR count). The number of carbonyl (C=O) groups excluding carboxylic acids is 1. The Labute approximate surface area is 123 Å². The number of hydrogen-bond acceptors (Lipinski definition) is 3. The topological polar surface area (TPSA) is 60.2 Å². The van der Waals surface area contributed by atoms with Gasteiger partial charge in [-0.2, -0.15) is 0 Å². The minimum Gasteiger partial charge on any atom is -0.294 e. The van der Waals surface area contributed by atoms with Crippen LogP contribution >= 0.6 is 0 Å². The highest BCUT2D eigenvalue weighted by Crippen LogP contribution is 2.20. The standard InChI is InChI=1S/C17H17NO3/c1-11-4-5-14(8-12(11)2)10-17(19)15-6-7-16(18(20)21)13(3)9-15/h4-9H,10H2,1-3H3. The Kier molecular flexibility index (Phi) is 4.17. The molecule has 0 atom stereocenters. The molecule has 4 heteroatoms. The molecule has 0 saturated heterocycles. The summed E-state index contributed by atoms with van der Waals surface area (Å²) in [5.74, 6) is -0.0312. The van der Waals surface area contributed by atoms with Crippen LogP contribution in [0.2, 0.25) is 0 Å². The Balaban J connectivity index is 2.22. The van der Waals surface area contributed by atoms with Gasteiger partial charge in [-0.1, -0.05) is 18.2 Å². The van der Waals surface area contributed by atoms with Crippen molar-refractivity contribution in [3.63, 3.8) is 0 Å². The van der Waals surface area contributed by atoms with Crippen LogP contribution in [0.25, 0.3) is 0 Å². The molecule has 0 unspecified atom stereocenters. The van der Waals surface area contributed by atoms with Crippen molar-refractivity contribution in [2.75, 3.05) is 0 Å². The summed E-state index contributed by atoms with van der Waals surface area (Å²) in [6.07, 6.45) is 0.304. The quantitative estimate of drug-likeness (QED) is 0.485. The first kappa shape index (κ1) is 14.9. The number of ketones is 1. The SMILES string of the molecule is Cc1ccc(CC(=O)c2ccc([N+](=O)[O-])c(C)c2)cc1C. The van der Waals surface area contributed by atoms with Crippen LogP contribution in [0.1, 0.15) is 32.6 Å². The molecule has 4 nitrogen and oxygen atoms in total. The number of aryl methyl sites for hydroxylation is 3. The van der Waals surface area contributed by atoms with Crippen molar-refractivity contribution < 1.29 is 9.72 Å². The molecule has 0 aliphatic heterocycles. The Morgan fingerprint density at radius 1 is 1.00 bits per heavy atom. The fourth-order valence-electron chi connectivity index (χ4n) is 2.23. The summed E-state index contributed by atoms with van der Waals surface area (Å²) in [4.78, 5) is 22.6. The van der Waals surface area contributed by atoms with Crippen molar-refractivity contribution in [2.24, 2.45) is 0 Å². The molecule has 0 bridgehead atoms. The number of nitro benzene ring substituents is 1. The minimum atomic E-state index is -0.438. The lowest BCUT2D eigenvalue weighted by atomic mass is 9.98. The molecular weight excluding hydrogens is 266 g/mol. The van der Waals surface area contributed by atoms with Gasteiger partial charge in [0.25, 0.3) is 5.69 Å². The first-order valence-electron chi connectivity index (χ1n) is 6.73. The molecule has 0 spiro atoms. The molecule has 0 saturated carbocycles. The molecule has 0 aromatic heterocycles. The molecule has 0 heterocycles. The van der Waals surface area contributed by atoms with E-state index in [0.717, 1.165) is 11.1 Å². The number of Topliss-reactive ketones (excluding diaryl/α,β-unsaturated/α-hetero) is 1. The van der Waals surface area contributed by atoms with Crippen LogP contribution in [0.3, 0.4) is 0 Å². The van der Waals surface area contributed by atoms with Gasteiger partial charge in [0.1, 0.15) is 0 Å². The number of rotatable bonds is 4.